The number of aliphatic hydroxyl groups excluding tert-OH is 1. The van der Waals surface area contributed by atoms with Gasteiger partial charge in [0.2, 0.25) is 6.36 Å². The average molecular weight is 413 g/mol. The summed E-state index contributed by atoms with van der Waals surface area (Å²) in [6.07, 6.45) is -0.172. The number of pyridine rings is 1. The molecular formula is C23H28FN3O3. The number of ether oxygens (including phenoxy) is 1. The number of benzene rings is 1. The van der Waals surface area contributed by atoms with Gasteiger partial charge in [-0.2, -0.15) is 5.10 Å². The third-order valence-corrected chi connectivity index (χ3v) is 5.09. The number of hydrogen-bond donors (Lipinski definition) is 1. The van der Waals surface area contributed by atoms with E-state index in [4.69, 9.17) is 9.84 Å². The summed E-state index contributed by atoms with van der Waals surface area (Å²) in [5, 5.41) is 14.4. The highest BCUT2D eigenvalue weighted by Crippen LogP contribution is 2.31. The van der Waals surface area contributed by atoms with Gasteiger partial charge in [0.05, 0.1) is 11.6 Å². The SMILES string of the molecule is CC(F)Oc1cccc(-c2nn(C(C)C)c3cc(C(=O)C[C@@H](C)[C@@H](C)O)cnc23)c1. The standard InChI is InChI=1S/C23H28FN3O3/c1-13(2)27-20-11-18(21(29)9-14(3)15(4)28)12-25-23(20)22(26-27)17-7-6-8-19(10-17)30-16(5)24/h6-8,10-16,28H,9H2,1-5H3/t14-,15-,16?/m1/s1. The molecule has 0 fully saturated rings. The number of nitrogens with zero attached hydrogens (tertiary/aromatic N) is 3. The Hall–Kier alpha value is -2.80. The molecule has 0 bridgehead atoms. The molecule has 0 spiro atoms. The zero-order valence-corrected chi connectivity index (χ0v) is 18.0. The predicted molar refractivity (Wildman–Crippen MR) is 114 cm³/mol. The number of aliphatic hydroxyl groups is 1. The molecule has 3 rings (SSSR count). The highest BCUT2D eigenvalue weighted by Gasteiger charge is 2.20. The third-order valence-electron chi connectivity index (χ3n) is 5.09. The van der Waals surface area contributed by atoms with Crippen LogP contribution in [0.15, 0.2) is 36.5 Å². The molecule has 1 N–H and O–H groups in total. The van der Waals surface area contributed by atoms with E-state index < -0.39 is 12.5 Å². The minimum atomic E-state index is -1.42. The van der Waals surface area contributed by atoms with Crippen molar-refractivity contribution in [3.63, 3.8) is 0 Å². The number of rotatable bonds is 8. The lowest BCUT2D eigenvalue weighted by atomic mass is 9.96. The van der Waals surface area contributed by atoms with Crippen LogP contribution in [-0.4, -0.2) is 38.1 Å². The van der Waals surface area contributed by atoms with Crippen molar-refractivity contribution in [1.29, 1.82) is 0 Å². The number of alkyl halides is 1. The molecule has 0 amide bonds. The van der Waals surface area contributed by atoms with Gasteiger partial charge in [-0.25, -0.2) is 4.39 Å². The van der Waals surface area contributed by atoms with Crippen LogP contribution >= 0.6 is 0 Å². The minimum Gasteiger partial charge on any atom is -0.461 e. The summed E-state index contributed by atoms with van der Waals surface area (Å²) < 4.78 is 20.2. The molecule has 2 heterocycles. The number of ketones is 1. The Labute approximate surface area is 175 Å². The maximum atomic E-state index is 13.2. The van der Waals surface area contributed by atoms with Gasteiger partial charge in [0.25, 0.3) is 0 Å². The zero-order valence-electron chi connectivity index (χ0n) is 18.0. The van der Waals surface area contributed by atoms with Crippen molar-refractivity contribution in [1.82, 2.24) is 14.8 Å². The van der Waals surface area contributed by atoms with Crippen LogP contribution in [0.3, 0.4) is 0 Å². The maximum absolute atomic E-state index is 13.2. The second kappa shape index (κ2) is 8.92. The summed E-state index contributed by atoms with van der Waals surface area (Å²) in [4.78, 5) is 17.2. The normalized spacial score (nSPS) is 14.7. The van der Waals surface area contributed by atoms with Gasteiger partial charge in [0.15, 0.2) is 5.78 Å². The van der Waals surface area contributed by atoms with Gasteiger partial charge in [-0.15, -0.1) is 0 Å². The fraction of sp³-hybridized carbons (Fsp3) is 0.435. The van der Waals surface area contributed by atoms with E-state index in [1.54, 1.807) is 37.4 Å². The number of hydrogen-bond acceptors (Lipinski definition) is 5. The average Bonchev–Trinajstić information content (AvgIpc) is 3.06. The topological polar surface area (TPSA) is 77.2 Å². The van der Waals surface area contributed by atoms with Gasteiger partial charge in [0, 0.05) is 36.7 Å². The number of aromatic nitrogens is 3. The first-order valence-corrected chi connectivity index (χ1v) is 10.2. The van der Waals surface area contributed by atoms with Gasteiger partial charge in [0.1, 0.15) is 17.0 Å². The van der Waals surface area contributed by atoms with E-state index >= 15 is 0 Å². The van der Waals surface area contributed by atoms with Crippen molar-refractivity contribution in [2.45, 2.75) is 59.5 Å². The molecule has 7 heteroatoms. The molecule has 0 saturated heterocycles. The monoisotopic (exact) mass is 413 g/mol. The Morgan fingerprint density at radius 3 is 2.57 bits per heavy atom. The Kier molecular flexibility index (Phi) is 6.51. The number of carbonyl (C=O) groups is 1. The van der Waals surface area contributed by atoms with Crippen LogP contribution in [0.5, 0.6) is 5.75 Å². The zero-order chi connectivity index (χ0) is 22.0. The molecular weight excluding hydrogens is 385 g/mol. The molecule has 1 unspecified atom stereocenters. The summed E-state index contributed by atoms with van der Waals surface area (Å²) in [6.45, 7) is 8.86. The van der Waals surface area contributed by atoms with E-state index in [2.05, 4.69) is 4.98 Å². The van der Waals surface area contributed by atoms with E-state index in [1.165, 1.54) is 6.92 Å². The first-order valence-electron chi connectivity index (χ1n) is 10.2. The Balaban J connectivity index is 2.05. The number of halogens is 1. The number of carbonyl (C=O) groups excluding carboxylic acids is 1. The van der Waals surface area contributed by atoms with Crippen molar-refractivity contribution in [2.75, 3.05) is 0 Å². The first-order chi connectivity index (χ1) is 14.2. The Bertz CT molecular complexity index is 1040. The summed E-state index contributed by atoms with van der Waals surface area (Å²) in [6, 6.07) is 8.92. The molecule has 0 aliphatic heterocycles. The van der Waals surface area contributed by atoms with Crippen molar-refractivity contribution >= 4 is 16.8 Å². The Morgan fingerprint density at radius 2 is 1.93 bits per heavy atom. The van der Waals surface area contributed by atoms with E-state index in [0.29, 0.717) is 22.5 Å². The van der Waals surface area contributed by atoms with Gasteiger partial charge < -0.3 is 9.84 Å². The molecule has 30 heavy (non-hydrogen) atoms. The minimum absolute atomic E-state index is 0.0510. The van der Waals surface area contributed by atoms with E-state index in [9.17, 15) is 14.3 Å². The molecule has 3 atom stereocenters. The lowest BCUT2D eigenvalue weighted by molar-refractivity contribution is 0.0859. The summed E-state index contributed by atoms with van der Waals surface area (Å²) >= 11 is 0. The van der Waals surface area contributed by atoms with Crippen molar-refractivity contribution in [3.05, 3.63) is 42.1 Å². The smallest absolute Gasteiger partial charge is 0.235 e. The second-order valence-corrected chi connectivity index (χ2v) is 8.01. The molecule has 0 radical (unpaired) electrons. The van der Waals surface area contributed by atoms with Gasteiger partial charge in [-0.3, -0.25) is 14.5 Å². The maximum Gasteiger partial charge on any atom is 0.235 e. The highest BCUT2D eigenvalue weighted by atomic mass is 19.1. The van der Waals surface area contributed by atoms with Crippen LogP contribution in [0.1, 0.15) is 57.4 Å². The molecule has 2 aromatic heterocycles. The number of Topliss-reactive ketones (excluding diaryl/α,β-unsaturated/α-hetero) is 1. The second-order valence-electron chi connectivity index (χ2n) is 8.01. The van der Waals surface area contributed by atoms with Crippen LogP contribution in [0.25, 0.3) is 22.3 Å². The van der Waals surface area contributed by atoms with Gasteiger partial charge in [-0.1, -0.05) is 19.1 Å². The molecule has 0 aliphatic carbocycles. The van der Waals surface area contributed by atoms with E-state index in [1.807, 2.05) is 31.5 Å². The molecule has 160 valence electrons. The lowest BCUT2D eigenvalue weighted by Gasteiger charge is -2.13. The van der Waals surface area contributed by atoms with Crippen molar-refractivity contribution in [3.8, 4) is 17.0 Å². The van der Waals surface area contributed by atoms with Crippen molar-refractivity contribution in [2.24, 2.45) is 5.92 Å². The van der Waals surface area contributed by atoms with E-state index in [0.717, 1.165) is 11.1 Å². The van der Waals surface area contributed by atoms with E-state index in [-0.39, 0.29) is 24.2 Å². The van der Waals surface area contributed by atoms with Crippen LogP contribution in [-0.2, 0) is 0 Å². The fourth-order valence-electron chi connectivity index (χ4n) is 3.24. The first kappa shape index (κ1) is 21.9. The van der Waals surface area contributed by atoms with Crippen LogP contribution in [0.4, 0.5) is 4.39 Å². The highest BCUT2D eigenvalue weighted by molar-refractivity contribution is 6.00. The molecule has 1 aromatic carbocycles. The van der Waals surface area contributed by atoms with Gasteiger partial charge in [-0.05, 0) is 44.9 Å². The molecule has 0 aliphatic rings. The lowest BCUT2D eigenvalue weighted by Crippen LogP contribution is -2.17. The summed E-state index contributed by atoms with van der Waals surface area (Å²) in [5.41, 5.74) is 3.31. The predicted octanol–water partition coefficient (Wildman–Crippen LogP) is 4.96. The van der Waals surface area contributed by atoms with Crippen LogP contribution in [0, 0.1) is 5.92 Å². The quantitative estimate of drug-likeness (QED) is 0.528. The fourth-order valence-corrected chi connectivity index (χ4v) is 3.24. The van der Waals surface area contributed by atoms with Gasteiger partial charge >= 0.3 is 0 Å². The largest absolute Gasteiger partial charge is 0.461 e. The molecule has 0 saturated carbocycles. The summed E-state index contributed by atoms with van der Waals surface area (Å²) in [5.74, 6) is 0.205. The molecule has 3 aromatic rings. The van der Waals surface area contributed by atoms with Crippen LogP contribution < -0.4 is 4.74 Å². The van der Waals surface area contributed by atoms with Crippen molar-refractivity contribution < 1.29 is 19.0 Å². The summed E-state index contributed by atoms with van der Waals surface area (Å²) in [7, 11) is 0. The molecule has 6 nitrogen and oxygen atoms in total. The Morgan fingerprint density at radius 1 is 1.20 bits per heavy atom. The van der Waals surface area contributed by atoms with Crippen LogP contribution in [0.2, 0.25) is 0 Å². The third kappa shape index (κ3) is 4.67. The number of fused-ring (bicyclic) bond motifs is 1.